The van der Waals surface area contributed by atoms with Crippen molar-refractivity contribution in [2.75, 3.05) is 41.3 Å². The number of carbonyl (C=O) groups is 1. The minimum atomic E-state index is -0.442. The smallest absolute Gasteiger partial charge is 0.255 e. The number of para-hydroxylation sites is 2. The largest absolute Gasteiger partial charge is 0.368 e. The van der Waals surface area contributed by atoms with Crippen LogP contribution in [0, 0.1) is 11.6 Å². The predicted molar refractivity (Wildman–Crippen MR) is 112 cm³/mol. The van der Waals surface area contributed by atoms with Gasteiger partial charge in [0.1, 0.15) is 11.6 Å². The normalized spacial score (nSPS) is 14.0. The molecule has 0 unspecified atom stereocenters. The van der Waals surface area contributed by atoms with Crippen molar-refractivity contribution in [1.82, 2.24) is 0 Å². The Bertz CT molecular complexity index is 999. The first-order valence-electron chi connectivity index (χ1n) is 9.51. The second kappa shape index (κ2) is 8.31. The Morgan fingerprint density at radius 1 is 0.759 bits per heavy atom. The van der Waals surface area contributed by atoms with Crippen LogP contribution >= 0.6 is 0 Å². The molecule has 1 amide bonds. The van der Waals surface area contributed by atoms with Crippen molar-refractivity contribution >= 4 is 23.0 Å². The summed E-state index contributed by atoms with van der Waals surface area (Å²) in [6.45, 7) is 3.12. The number of nitrogens with one attached hydrogen (secondary N) is 1. The second-order valence-electron chi connectivity index (χ2n) is 6.93. The molecule has 0 radical (unpaired) electrons. The first-order valence-corrected chi connectivity index (χ1v) is 9.51. The van der Waals surface area contributed by atoms with E-state index in [1.54, 1.807) is 18.2 Å². The minimum Gasteiger partial charge on any atom is -0.368 e. The number of amides is 1. The number of hydrogen-bond acceptors (Lipinski definition) is 3. The van der Waals surface area contributed by atoms with Crippen LogP contribution in [0.15, 0.2) is 72.8 Å². The third-order valence-corrected chi connectivity index (χ3v) is 5.05. The molecule has 0 aliphatic carbocycles. The van der Waals surface area contributed by atoms with E-state index in [1.165, 1.54) is 30.3 Å². The molecule has 3 aromatic carbocycles. The van der Waals surface area contributed by atoms with Gasteiger partial charge in [0.25, 0.3) is 5.91 Å². The first kappa shape index (κ1) is 18.9. The lowest BCUT2D eigenvalue weighted by Gasteiger charge is -2.38. The van der Waals surface area contributed by atoms with Gasteiger partial charge in [-0.1, -0.05) is 18.2 Å². The van der Waals surface area contributed by atoms with Gasteiger partial charge in [0.2, 0.25) is 0 Å². The van der Waals surface area contributed by atoms with Crippen molar-refractivity contribution in [1.29, 1.82) is 0 Å². The lowest BCUT2D eigenvalue weighted by atomic mass is 10.1. The van der Waals surface area contributed by atoms with E-state index in [0.29, 0.717) is 5.69 Å². The molecule has 1 aliphatic heterocycles. The quantitative estimate of drug-likeness (QED) is 0.707. The maximum Gasteiger partial charge on any atom is 0.255 e. The Kier molecular flexibility index (Phi) is 5.42. The van der Waals surface area contributed by atoms with Gasteiger partial charge in [0.15, 0.2) is 0 Å². The molecule has 1 saturated heterocycles. The average Bonchev–Trinajstić information content (AvgIpc) is 2.75. The van der Waals surface area contributed by atoms with Gasteiger partial charge >= 0.3 is 0 Å². The summed E-state index contributed by atoms with van der Waals surface area (Å²) in [6.07, 6.45) is 0. The first-order chi connectivity index (χ1) is 14.1. The number of nitrogens with zero attached hydrogens (tertiary/aromatic N) is 2. The Morgan fingerprint density at radius 2 is 1.45 bits per heavy atom. The molecule has 1 N–H and O–H groups in total. The topological polar surface area (TPSA) is 35.6 Å². The van der Waals surface area contributed by atoms with Crippen molar-refractivity contribution in [3.63, 3.8) is 0 Å². The highest BCUT2D eigenvalue weighted by Crippen LogP contribution is 2.28. The summed E-state index contributed by atoms with van der Waals surface area (Å²) in [5.41, 5.74) is 2.90. The van der Waals surface area contributed by atoms with Gasteiger partial charge in [-0.2, -0.15) is 0 Å². The van der Waals surface area contributed by atoms with Crippen molar-refractivity contribution in [3.8, 4) is 0 Å². The van der Waals surface area contributed by atoms with Crippen LogP contribution in [-0.4, -0.2) is 32.1 Å². The van der Waals surface area contributed by atoms with Gasteiger partial charge in [0.05, 0.1) is 11.4 Å². The molecule has 1 aliphatic rings. The van der Waals surface area contributed by atoms with Crippen molar-refractivity contribution in [3.05, 3.63) is 90.0 Å². The number of anilines is 3. The highest BCUT2D eigenvalue weighted by Gasteiger charge is 2.20. The Morgan fingerprint density at radius 3 is 2.17 bits per heavy atom. The Balaban J connectivity index is 1.46. The standard InChI is InChI=1S/C23H21F2N3O/c24-18-8-10-20(11-9-18)27-12-14-28(15-13-27)22-7-2-1-6-21(22)26-23(29)17-4-3-5-19(25)16-17/h1-11,16H,12-15H2,(H,26,29). The van der Waals surface area contributed by atoms with Crippen molar-refractivity contribution in [2.45, 2.75) is 0 Å². The molecule has 0 aromatic heterocycles. The SMILES string of the molecule is O=C(Nc1ccccc1N1CCN(c2ccc(F)cc2)CC1)c1cccc(F)c1. The molecule has 148 valence electrons. The van der Waals surface area contributed by atoms with E-state index >= 15 is 0 Å². The minimum absolute atomic E-state index is 0.240. The summed E-state index contributed by atoms with van der Waals surface area (Å²) in [7, 11) is 0. The maximum atomic E-state index is 13.4. The number of benzene rings is 3. The van der Waals surface area contributed by atoms with Gasteiger partial charge in [-0.05, 0) is 54.6 Å². The average molecular weight is 393 g/mol. The Hall–Kier alpha value is -3.41. The third-order valence-electron chi connectivity index (χ3n) is 5.05. The molecule has 1 fully saturated rings. The van der Waals surface area contributed by atoms with Gasteiger partial charge in [-0.25, -0.2) is 8.78 Å². The van der Waals surface area contributed by atoms with Gasteiger partial charge in [0, 0.05) is 37.4 Å². The fraction of sp³-hybridized carbons (Fsp3) is 0.174. The summed E-state index contributed by atoms with van der Waals surface area (Å²) >= 11 is 0. The molecule has 4 rings (SSSR count). The highest BCUT2D eigenvalue weighted by atomic mass is 19.1. The molecule has 3 aromatic rings. The van der Waals surface area contributed by atoms with Crippen LogP contribution < -0.4 is 15.1 Å². The van der Waals surface area contributed by atoms with Gasteiger partial charge in [-0.15, -0.1) is 0 Å². The van der Waals surface area contributed by atoms with E-state index in [1.807, 2.05) is 24.3 Å². The molecular weight excluding hydrogens is 372 g/mol. The fourth-order valence-corrected chi connectivity index (χ4v) is 3.54. The molecule has 4 nitrogen and oxygen atoms in total. The zero-order valence-electron chi connectivity index (χ0n) is 15.8. The zero-order valence-corrected chi connectivity index (χ0v) is 15.8. The number of piperazine rings is 1. The fourth-order valence-electron chi connectivity index (χ4n) is 3.54. The summed E-state index contributed by atoms with van der Waals surface area (Å²) < 4.78 is 26.6. The molecule has 0 bridgehead atoms. The van der Waals surface area contributed by atoms with Crippen LogP contribution in [0.3, 0.4) is 0 Å². The third kappa shape index (κ3) is 4.37. The van der Waals surface area contributed by atoms with Crippen LogP contribution in [0.1, 0.15) is 10.4 Å². The van der Waals surface area contributed by atoms with Crippen LogP contribution in [-0.2, 0) is 0 Å². The monoisotopic (exact) mass is 393 g/mol. The van der Waals surface area contributed by atoms with E-state index in [4.69, 9.17) is 0 Å². The summed E-state index contributed by atoms with van der Waals surface area (Å²) in [5, 5.41) is 2.90. The number of halogens is 2. The van der Waals surface area contributed by atoms with Crippen LogP contribution in [0.5, 0.6) is 0 Å². The lowest BCUT2D eigenvalue weighted by Crippen LogP contribution is -2.46. The zero-order chi connectivity index (χ0) is 20.2. The van der Waals surface area contributed by atoms with Gasteiger partial charge < -0.3 is 15.1 Å². The molecule has 29 heavy (non-hydrogen) atoms. The molecule has 1 heterocycles. The maximum absolute atomic E-state index is 13.4. The Labute approximate surface area is 168 Å². The van der Waals surface area contributed by atoms with E-state index in [2.05, 4.69) is 15.1 Å². The highest BCUT2D eigenvalue weighted by molar-refractivity contribution is 6.06. The number of rotatable bonds is 4. The van der Waals surface area contributed by atoms with E-state index in [9.17, 15) is 13.6 Å². The van der Waals surface area contributed by atoms with Crippen LogP contribution in [0.4, 0.5) is 25.8 Å². The predicted octanol–water partition coefficient (Wildman–Crippen LogP) is 4.54. The van der Waals surface area contributed by atoms with Crippen molar-refractivity contribution < 1.29 is 13.6 Å². The van der Waals surface area contributed by atoms with Crippen molar-refractivity contribution in [2.24, 2.45) is 0 Å². The lowest BCUT2D eigenvalue weighted by molar-refractivity contribution is 0.102. The number of carbonyl (C=O) groups excluding carboxylic acids is 1. The molecule has 0 atom stereocenters. The van der Waals surface area contributed by atoms with E-state index in [-0.39, 0.29) is 17.3 Å². The van der Waals surface area contributed by atoms with Gasteiger partial charge in [-0.3, -0.25) is 4.79 Å². The van der Waals surface area contributed by atoms with E-state index < -0.39 is 5.82 Å². The second-order valence-corrected chi connectivity index (χ2v) is 6.93. The molecule has 0 saturated carbocycles. The summed E-state index contributed by atoms with van der Waals surface area (Å²) in [5.74, 6) is -1.03. The molecular formula is C23H21F2N3O. The summed E-state index contributed by atoms with van der Waals surface area (Å²) in [6, 6.07) is 19.8. The van der Waals surface area contributed by atoms with E-state index in [0.717, 1.165) is 37.6 Å². The van der Waals surface area contributed by atoms with Crippen LogP contribution in [0.2, 0.25) is 0 Å². The molecule has 6 heteroatoms. The summed E-state index contributed by atoms with van der Waals surface area (Å²) in [4.78, 5) is 17.0. The number of hydrogen-bond donors (Lipinski definition) is 1. The molecule has 0 spiro atoms. The van der Waals surface area contributed by atoms with Crippen LogP contribution in [0.25, 0.3) is 0 Å².